The highest BCUT2D eigenvalue weighted by molar-refractivity contribution is 6.33. The van der Waals surface area contributed by atoms with E-state index >= 15 is 0 Å². The summed E-state index contributed by atoms with van der Waals surface area (Å²) in [5.74, 6) is -0.992. The summed E-state index contributed by atoms with van der Waals surface area (Å²) in [5, 5.41) is 17.0. The van der Waals surface area contributed by atoms with Gasteiger partial charge >= 0.3 is 5.97 Å². The van der Waals surface area contributed by atoms with Gasteiger partial charge in [-0.1, -0.05) is 48.9 Å². The summed E-state index contributed by atoms with van der Waals surface area (Å²) in [7, 11) is 0. The SMILES string of the molecule is CC1(C)CC(=O)C2=C(C1)Nc1cc(C(=O)O)ccc1NC2C1=C(Cl)C=C=C(Cl)C=C1. The number of carbonyl (C=O) groups excluding carboxylic acids is 1. The molecule has 0 radical (unpaired) electrons. The quantitative estimate of drug-likeness (QED) is 0.521. The largest absolute Gasteiger partial charge is 0.478 e. The molecular weight excluding hydrogens is 423 g/mol. The molecule has 0 fully saturated rings. The van der Waals surface area contributed by atoms with Crippen molar-refractivity contribution in [3.05, 3.63) is 74.6 Å². The second-order valence-electron chi connectivity index (χ2n) is 8.37. The van der Waals surface area contributed by atoms with Crippen molar-refractivity contribution in [2.75, 3.05) is 10.6 Å². The molecule has 0 saturated heterocycles. The molecule has 0 saturated carbocycles. The Bertz CT molecular complexity index is 1140. The van der Waals surface area contributed by atoms with Gasteiger partial charge in [-0.3, -0.25) is 4.79 Å². The van der Waals surface area contributed by atoms with Crippen LogP contribution in [0.1, 0.15) is 37.0 Å². The van der Waals surface area contributed by atoms with E-state index in [2.05, 4.69) is 16.4 Å². The Kier molecular flexibility index (Phi) is 5.15. The van der Waals surface area contributed by atoms with Gasteiger partial charge in [-0.25, -0.2) is 4.79 Å². The fourth-order valence-corrected chi connectivity index (χ4v) is 4.40. The standard InChI is InChI=1S/C23H20Cl2N2O3/c1-23(2)10-18-20(19(28)11-23)21(14-6-4-13(24)5-7-15(14)25)27-16-8-3-12(22(29)30)9-17(16)26-18/h3-4,6-9,21,26-27H,10-11H2,1-2H3,(H,29,30). The topological polar surface area (TPSA) is 78.4 Å². The zero-order chi connectivity index (χ0) is 21.6. The molecule has 1 aromatic rings. The number of anilines is 2. The first-order valence-corrected chi connectivity index (χ1v) is 10.3. The van der Waals surface area contributed by atoms with Gasteiger partial charge in [0.1, 0.15) is 0 Å². The Morgan fingerprint density at radius 2 is 1.97 bits per heavy atom. The molecule has 1 aliphatic heterocycles. The minimum atomic E-state index is -1.02. The number of aromatic carboxylic acids is 1. The van der Waals surface area contributed by atoms with Gasteiger partial charge in [0.05, 0.1) is 33.0 Å². The maximum atomic E-state index is 13.3. The smallest absolute Gasteiger partial charge is 0.335 e. The lowest BCUT2D eigenvalue weighted by Crippen LogP contribution is -2.35. The summed E-state index contributed by atoms with van der Waals surface area (Å²) in [6.45, 7) is 4.09. The van der Waals surface area contributed by atoms with Gasteiger partial charge in [0.2, 0.25) is 0 Å². The first kappa shape index (κ1) is 20.5. The summed E-state index contributed by atoms with van der Waals surface area (Å²) < 4.78 is 0. The third-order valence-corrected chi connectivity index (χ3v) is 5.96. The van der Waals surface area contributed by atoms with Crippen LogP contribution >= 0.6 is 23.2 Å². The molecule has 4 rings (SSSR count). The van der Waals surface area contributed by atoms with Crippen LogP contribution in [0.2, 0.25) is 0 Å². The molecule has 5 nitrogen and oxygen atoms in total. The summed E-state index contributed by atoms with van der Waals surface area (Å²) in [6.07, 6.45) is 6.12. The van der Waals surface area contributed by atoms with Crippen molar-refractivity contribution in [2.45, 2.75) is 32.7 Å². The first-order chi connectivity index (χ1) is 14.1. The Hall–Kier alpha value is -2.72. The maximum Gasteiger partial charge on any atom is 0.335 e. The molecule has 7 heteroatoms. The van der Waals surface area contributed by atoms with Crippen molar-refractivity contribution in [1.82, 2.24) is 0 Å². The number of fused-ring (bicyclic) bond motifs is 1. The van der Waals surface area contributed by atoms with Crippen molar-refractivity contribution < 1.29 is 14.7 Å². The molecule has 154 valence electrons. The van der Waals surface area contributed by atoms with Gasteiger partial charge in [-0.2, -0.15) is 0 Å². The molecule has 1 heterocycles. The van der Waals surface area contributed by atoms with Crippen LogP contribution in [0.15, 0.2) is 69.1 Å². The summed E-state index contributed by atoms with van der Waals surface area (Å²) in [5.41, 5.74) is 6.19. The van der Waals surface area contributed by atoms with E-state index in [4.69, 9.17) is 23.2 Å². The fraction of sp³-hybridized carbons (Fsp3) is 0.261. The number of rotatable bonds is 2. The lowest BCUT2D eigenvalue weighted by molar-refractivity contribution is -0.118. The van der Waals surface area contributed by atoms with Crippen molar-refractivity contribution >= 4 is 46.3 Å². The molecule has 1 unspecified atom stereocenters. The van der Waals surface area contributed by atoms with Crippen LogP contribution in [0.25, 0.3) is 0 Å². The van der Waals surface area contributed by atoms with E-state index in [0.29, 0.717) is 45.4 Å². The number of carboxylic acids is 1. The van der Waals surface area contributed by atoms with E-state index in [1.807, 2.05) is 13.8 Å². The van der Waals surface area contributed by atoms with Crippen LogP contribution in [0.5, 0.6) is 0 Å². The van der Waals surface area contributed by atoms with Crippen LogP contribution in [0, 0.1) is 5.41 Å². The van der Waals surface area contributed by atoms with Gasteiger partial charge in [-0.05, 0) is 41.7 Å². The average Bonchev–Trinajstić information content (AvgIpc) is 2.91. The molecule has 1 aromatic carbocycles. The molecule has 30 heavy (non-hydrogen) atoms. The molecule has 0 bridgehead atoms. The molecule has 3 N–H and O–H groups in total. The van der Waals surface area contributed by atoms with E-state index in [1.165, 1.54) is 6.07 Å². The van der Waals surface area contributed by atoms with Gasteiger partial charge in [0, 0.05) is 23.8 Å². The number of benzene rings is 1. The Morgan fingerprint density at radius 3 is 2.70 bits per heavy atom. The number of ketones is 1. The summed E-state index contributed by atoms with van der Waals surface area (Å²) in [4.78, 5) is 24.7. The minimum Gasteiger partial charge on any atom is -0.478 e. The molecule has 0 amide bonds. The number of hydrogen-bond acceptors (Lipinski definition) is 4. The molecule has 2 aliphatic carbocycles. The minimum absolute atomic E-state index is 0.0233. The van der Waals surface area contributed by atoms with E-state index in [1.54, 1.807) is 30.4 Å². The second kappa shape index (κ2) is 7.51. The highest BCUT2D eigenvalue weighted by Gasteiger charge is 2.39. The third-order valence-electron chi connectivity index (χ3n) is 5.39. The van der Waals surface area contributed by atoms with E-state index < -0.39 is 12.0 Å². The molecule has 0 spiro atoms. The van der Waals surface area contributed by atoms with Crippen LogP contribution in [-0.4, -0.2) is 22.9 Å². The average molecular weight is 443 g/mol. The number of Topliss-reactive ketones (excluding diaryl/α,β-unsaturated/α-hetero) is 1. The zero-order valence-electron chi connectivity index (χ0n) is 16.5. The Morgan fingerprint density at radius 1 is 1.20 bits per heavy atom. The second-order valence-corrected chi connectivity index (χ2v) is 9.19. The van der Waals surface area contributed by atoms with Crippen molar-refractivity contribution in [1.29, 1.82) is 0 Å². The van der Waals surface area contributed by atoms with Crippen molar-refractivity contribution in [2.24, 2.45) is 5.41 Å². The first-order valence-electron chi connectivity index (χ1n) is 9.52. The van der Waals surface area contributed by atoms with E-state index in [-0.39, 0.29) is 16.8 Å². The lowest BCUT2D eigenvalue weighted by Gasteiger charge is -2.34. The predicted molar refractivity (Wildman–Crippen MR) is 119 cm³/mol. The lowest BCUT2D eigenvalue weighted by atomic mass is 9.73. The monoisotopic (exact) mass is 442 g/mol. The predicted octanol–water partition coefficient (Wildman–Crippen LogP) is 5.57. The number of nitrogens with one attached hydrogen (secondary N) is 2. The fourth-order valence-electron chi connectivity index (χ4n) is 4.05. The van der Waals surface area contributed by atoms with E-state index in [9.17, 15) is 14.7 Å². The van der Waals surface area contributed by atoms with E-state index in [0.717, 1.165) is 5.70 Å². The van der Waals surface area contributed by atoms with Gasteiger partial charge in [-0.15, -0.1) is 0 Å². The number of allylic oxidation sites excluding steroid dienone is 4. The molecule has 1 atom stereocenters. The van der Waals surface area contributed by atoms with Crippen LogP contribution in [-0.2, 0) is 4.79 Å². The summed E-state index contributed by atoms with van der Waals surface area (Å²) in [6, 6.07) is 4.28. The molecular formula is C23H20Cl2N2O3. The van der Waals surface area contributed by atoms with Crippen molar-refractivity contribution in [3.63, 3.8) is 0 Å². The highest BCUT2D eigenvalue weighted by atomic mass is 35.5. The van der Waals surface area contributed by atoms with Gasteiger partial charge < -0.3 is 15.7 Å². The van der Waals surface area contributed by atoms with Crippen LogP contribution in [0.4, 0.5) is 11.4 Å². The molecule has 0 aromatic heterocycles. The summed E-state index contributed by atoms with van der Waals surface area (Å²) >= 11 is 12.6. The van der Waals surface area contributed by atoms with Crippen LogP contribution < -0.4 is 10.6 Å². The van der Waals surface area contributed by atoms with Crippen LogP contribution in [0.3, 0.4) is 0 Å². The zero-order valence-corrected chi connectivity index (χ0v) is 18.0. The van der Waals surface area contributed by atoms with Crippen molar-refractivity contribution in [3.8, 4) is 0 Å². The number of halogens is 2. The third kappa shape index (κ3) is 3.84. The van der Waals surface area contributed by atoms with Gasteiger partial charge in [0.15, 0.2) is 5.78 Å². The number of carbonyl (C=O) groups is 2. The van der Waals surface area contributed by atoms with Gasteiger partial charge in [0.25, 0.3) is 0 Å². The highest BCUT2D eigenvalue weighted by Crippen LogP contribution is 2.44. The molecule has 3 aliphatic rings. The number of carboxylic acid groups (broad SMARTS) is 1. The normalized spacial score (nSPS) is 22.3. The maximum absolute atomic E-state index is 13.3. The number of hydrogen-bond donors (Lipinski definition) is 3. The Labute approximate surface area is 184 Å². The Balaban J connectivity index is 1.90.